The summed E-state index contributed by atoms with van der Waals surface area (Å²) in [5.41, 5.74) is 0.609. The molecule has 0 aromatic carbocycles. The van der Waals surface area contributed by atoms with Gasteiger partial charge in [-0.25, -0.2) is 0 Å². The van der Waals surface area contributed by atoms with E-state index in [9.17, 15) is 4.79 Å². The summed E-state index contributed by atoms with van der Waals surface area (Å²) in [5.74, 6) is -0.0412. The molecular weight excluding hydrogens is 204 g/mol. The number of aryl methyl sites for hydroxylation is 1. The number of piperidine rings is 1. The summed E-state index contributed by atoms with van der Waals surface area (Å²) in [4.78, 5) is 11.9. The predicted octanol–water partition coefficient (Wildman–Crippen LogP) is 0.290. The first-order valence-electron chi connectivity index (χ1n) is 5.70. The maximum Gasteiger partial charge on any atom is 0.269 e. The Bertz CT molecular complexity index is 374. The molecule has 88 valence electrons. The SMILES string of the molecule is CC1NCCCC1NC(=O)c1ccnn1C. The van der Waals surface area contributed by atoms with Crippen LogP contribution in [0.1, 0.15) is 30.3 Å². The highest BCUT2D eigenvalue weighted by Gasteiger charge is 2.23. The van der Waals surface area contributed by atoms with Gasteiger partial charge in [0, 0.05) is 25.3 Å². The maximum atomic E-state index is 11.9. The monoisotopic (exact) mass is 222 g/mol. The van der Waals surface area contributed by atoms with Crippen molar-refractivity contribution in [2.24, 2.45) is 7.05 Å². The standard InChI is InChI=1S/C11H18N4O/c1-8-9(4-3-6-12-8)14-11(16)10-5-7-13-15(10)2/h5,7-9,12H,3-4,6H2,1-2H3,(H,14,16). The summed E-state index contributed by atoms with van der Waals surface area (Å²) in [6.45, 7) is 3.15. The van der Waals surface area contributed by atoms with Crippen LogP contribution in [-0.2, 0) is 7.05 Å². The van der Waals surface area contributed by atoms with Crippen molar-refractivity contribution >= 4 is 5.91 Å². The maximum absolute atomic E-state index is 11.9. The Morgan fingerprint density at radius 3 is 3.12 bits per heavy atom. The lowest BCUT2D eigenvalue weighted by Crippen LogP contribution is -2.52. The largest absolute Gasteiger partial charge is 0.346 e. The Balaban J connectivity index is 1.99. The van der Waals surface area contributed by atoms with E-state index in [1.54, 1.807) is 24.0 Å². The zero-order valence-corrected chi connectivity index (χ0v) is 9.73. The molecule has 2 N–H and O–H groups in total. The van der Waals surface area contributed by atoms with Crippen LogP contribution in [0.25, 0.3) is 0 Å². The molecule has 0 bridgehead atoms. The van der Waals surface area contributed by atoms with Crippen LogP contribution in [0.15, 0.2) is 12.3 Å². The molecule has 0 spiro atoms. The van der Waals surface area contributed by atoms with Crippen LogP contribution in [0.4, 0.5) is 0 Å². The molecule has 2 rings (SSSR count). The second-order valence-electron chi connectivity index (χ2n) is 4.31. The third-order valence-electron chi connectivity index (χ3n) is 3.13. The number of hydrogen-bond acceptors (Lipinski definition) is 3. The molecule has 16 heavy (non-hydrogen) atoms. The van der Waals surface area contributed by atoms with Crippen molar-refractivity contribution in [1.29, 1.82) is 0 Å². The molecule has 2 heterocycles. The lowest BCUT2D eigenvalue weighted by Gasteiger charge is -2.30. The molecule has 1 saturated heterocycles. The third kappa shape index (κ3) is 2.24. The van der Waals surface area contributed by atoms with Gasteiger partial charge in [0.1, 0.15) is 5.69 Å². The number of nitrogens with zero attached hydrogens (tertiary/aromatic N) is 2. The molecule has 2 atom stereocenters. The molecule has 1 fully saturated rings. The Kier molecular flexibility index (Phi) is 3.24. The zero-order chi connectivity index (χ0) is 11.5. The first kappa shape index (κ1) is 11.1. The van der Waals surface area contributed by atoms with Gasteiger partial charge >= 0.3 is 0 Å². The van der Waals surface area contributed by atoms with Crippen LogP contribution < -0.4 is 10.6 Å². The molecule has 0 aliphatic carbocycles. The number of rotatable bonds is 2. The summed E-state index contributed by atoms with van der Waals surface area (Å²) in [6, 6.07) is 2.29. The normalized spacial score (nSPS) is 25.4. The van der Waals surface area contributed by atoms with Crippen LogP contribution in [0.3, 0.4) is 0 Å². The predicted molar refractivity (Wildman–Crippen MR) is 61.2 cm³/mol. The van der Waals surface area contributed by atoms with Crippen molar-refractivity contribution in [1.82, 2.24) is 20.4 Å². The lowest BCUT2D eigenvalue weighted by atomic mass is 10.00. The van der Waals surface area contributed by atoms with Crippen molar-refractivity contribution < 1.29 is 4.79 Å². The Hall–Kier alpha value is -1.36. The van der Waals surface area contributed by atoms with Gasteiger partial charge in [-0.15, -0.1) is 0 Å². The van der Waals surface area contributed by atoms with Crippen molar-refractivity contribution in [3.63, 3.8) is 0 Å². The second-order valence-corrected chi connectivity index (χ2v) is 4.31. The molecule has 1 amide bonds. The summed E-state index contributed by atoms with van der Waals surface area (Å²) in [6.07, 6.45) is 3.79. The molecule has 0 saturated carbocycles. The Morgan fingerprint density at radius 2 is 2.50 bits per heavy atom. The van der Waals surface area contributed by atoms with Gasteiger partial charge in [0.2, 0.25) is 0 Å². The van der Waals surface area contributed by atoms with E-state index in [-0.39, 0.29) is 11.9 Å². The van der Waals surface area contributed by atoms with E-state index < -0.39 is 0 Å². The van der Waals surface area contributed by atoms with Crippen molar-refractivity contribution in [3.8, 4) is 0 Å². The zero-order valence-electron chi connectivity index (χ0n) is 9.73. The fourth-order valence-electron chi connectivity index (χ4n) is 2.08. The highest BCUT2D eigenvalue weighted by Crippen LogP contribution is 2.09. The van der Waals surface area contributed by atoms with E-state index in [0.29, 0.717) is 11.7 Å². The smallest absolute Gasteiger partial charge is 0.269 e. The van der Waals surface area contributed by atoms with Crippen LogP contribution >= 0.6 is 0 Å². The minimum atomic E-state index is -0.0412. The summed E-state index contributed by atoms with van der Waals surface area (Å²) >= 11 is 0. The van der Waals surface area contributed by atoms with Crippen LogP contribution in [0, 0.1) is 0 Å². The number of nitrogens with one attached hydrogen (secondary N) is 2. The van der Waals surface area contributed by atoms with Crippen molar-refractivity contribution in [2.45, 2.75) is 31.8 Å². The van der Waals surface area contributed by atoms with Gasteiger partial charge in [-0.1, -0.05) is 0 Å². The molecule has 1 aliphatic rings. The van der Waals surface area contributed by atoms with Crippen LogP contribution in [0.2, 0.25) is 0 Å². The van der Waals surface area contributed by atoms with E-state index in [1.165, 1.54) is 0 Å². The van der Waals surface area contributed by atoms with E-state index in [0.717, 1.165) is 19.4 Å². The van der Waals surface area contributed by atoms with Gasteiger partial charge in [0.15, 0.2) is 0 Å². The van der Waals surface area contributed by atoms with Crippen LogP contribution in [0.5, 0.6) is 0 Å². The summed E-state index contributed by atoms with van der Waals surface area (Å²) in [5, 5.41) is 10.4. The van der Waals surface area contributed by atoms with Gasteiger partial charge in [-0.05, 0) is 32.4 Å². The molecule has 2 unspecified atom stereocenters. The van der Waals surface area contributed by atoms with E-state index in [2.05, 4.69) is 22.7 Å². The van der Waals surface area contributed by atoms with Gasteiger partial charge in [-0.2, -0.15) is 5.10 Å². The molecule has 0 radical (unpaired) electrons. The number of carbonyl (C=O) groups excluding carboxylic acids is 1. The van der Waals surface area contributed by atoms with Gasteiger partial charge in [0.05, 0.1) is 0 Å². The molecule has 5 heteroatoms. The number of carbonyl (C=O) groups is 1. The molecule has 5 nitrogen and oxygen atoms in total. The highest BCUT2D eigenvalue weighted by molar-refractivity contribution is 5.92. The molecule has 1 aromatic rings. The van der Waals surface area contributed by atoms with E-state index in [4.69, 9.17) is 0 Å². The minimum absolute atomic E-state index is 0.0412. The van der Waals surface area contributed by atoms with Gasteiger partial charge in [0.25, 0.3) is 5.91 Å². The van der Waals surface area contributed by atoms with Gasteiger partial charge in [-0.3, -0.25) is 9.48 Å². The summed E-state index contributed by atoms with van der Waals surface area (Å²) in [7, 11) is 1.78. The molecular formula is C11H18N4O. The lowest BCUT2D eigenvalue weighted by molar-refractivity contribution is 0.0910. The van der Waals surface area contributed by atoms with E-state index >= 15 is 0 Å². The molecule has 1 aromatic heterocycles. The number of amides is 1. The first-order chi connectivity index (χ1) is 7.68. The number of hydrogen-bond donors (Lipinski definition) is 2. The first-order valence-corrected chi connectivity index (χ1v) is 5.70. The average molecular weight is 222 g/mol. The van der Waals surface area contributed by atoms with Crippen LogP contribution in [-0.4, -0.2) is 34.3 Å². The fraction of sp³-hybridized carbons (Fsp3) is 0.636. The second kappa shape index (κ2) is 4.65. The molecule has 1 aliphatic heterocycles. The Labute approximate surface area is 95.2 Å². The van der Waals surface area contributed by atoms with E-state index in [1.807, 2.05) is 0 Å². The van der Waals surface area contributed by atoms with Crippen molar-refractivity contribution in [2.75, 3.05) is 6.54 Å². The van der Waals surface area contributed by atoms with Gasteiger partial charge < -0.3 is 10.6 Å². The topological polar surface area (TPSA) is 58.9 Å². The third-order valence-corrected chi connectivity index (χ3v) is 3.13. The minimum Gasteiger partial charge on any atom is -0.346 e. The van der Waals surface area contributed by atoms with Crippen molar-refractivity contribution in [3.05, 3.63) is 18.0 Å². The average Bonchev–Trinajstić information content (AvgIpc) is 2.68. The Morgan fingerprint density at radius 1 is 1.69 bits per heavy atom. The summed E-state index contributed by atoms with van der Waals surface area (Å²) < 4.78 is 1.59. The quantitative estimate of drug-likeness (QED) is 0.756. The fourth-order valence-corrected chi connectivity index (χ4v) is 2.08. The highest BCUT2D eigenvalue weighted by atomic mass is 16.2. The number of aromatic nitrogens is 2.